The van der Waals surface area contributed by atoms with E-state index in [2.05, 4.69) is 10.7 Å². The summed E-state index contributed by atoms with van der Waals surface area (Å²) in [6, 6.07) is 6.37. The molecule has 2 aliphatic rings. The van der Waals surface area contributed by atoms with Crippen molar-refractivity contribution in [1.82, 2.24) is 15.8 Å². The molecule has 2 heterocycles. The Labute approximate surface area is 169 Å². The molecule has 0 atom stereocenters. The SMILES string of the molecule is O=C(NN1C(=O)NC2(CCCCC2)C1=O)c1ccc(-c2cccc(C(F)(F)F)c2)o1. The molecule has 1 aliphatic heterocycles. The lowest BCUT2D eigenvalue weighted by Crippen LogP contribution is -2.50. The maximum absolute atomic E-state index is 12.9. The summed E-state index contributed by atoms with van der Waals surface area (Å²) < 4.78 is 44.1. The number of rotatable bonds is 3. The standard InChI is InChI=1S/C20H18F3N3O4/c21-20(22,23)13-6-4-5-12(11-13)14-7-8-15(30-14)16(27)25-26-17(28)19(24-18(26)29)9-2-1-3-10-19/h4-8,11H,1-3,9-10H2,(H,24,29)(H,25,27). The molecule has 1 aromatic heterocycles. The van der Waals surface area contributed by atoms with Crippen LogP contribution in [0.2, 0.25) is 0 Å². The van der Waals surface area contributed by atoms with E-state index in [9.17, 15) is 27.6 Å². The van der Waals surface area contributed by atoms with Crippen LogP contribution in [0, 0.1) is 0 Å². The molecule has 2 aromatic rings. The van der Waals surface area contributed by atoms with Crippen LogP contribution in [0.4, 0.5) is 18.0 Å². The number of halogens is 3. The third-order valence-corrected chi connectivity index (χ3v) is 5.39. The Morgan fingerprint density at radius 1 is 1.10 bits per heavy atom. The summed E-state index contributed by atoms with van der Waals surface area (Å²) in [5, 5.41) is 3.30. The summed E-state index contributed by atoms with van der Waals surface area (Å²) in [7, 11) is 0. The van der Waals surface area contributed by atoms with E-state index in [0.717, 1.165) is 31.4 Å². The van der Waals surface area contributed by atoms with Gasteiger partial charge in [-0.15, -0.1) is 0 Å². The molecule has 1 spiro atoms. The van der Waals surface area contributed by atoms with Crippen LogP contribution in [0.5, 0.6) is 0 Å². The third-order valence-electron chi connectivity index (χ3n) is 5.39. The van der Waals surface area contributed by atoms with Crippen molar-refractivity contribution in [3.05, 3.63) is 47.7 Å². The number of imide groups is 1. The first-order chi connectivity index (χ1) is 14.2. The Balaban J connectivity index is 1.50. The van der Waals surface area contributed by atoms with Gasteiger partial charge in [-0.25, -0.2) is 10.2 Å². The van der Waals surface area contributed by atoms with Gasteiger partial charge in [0.15, 0.2) is 5.76 Å². The lowest BCUT2D eigenvalue weighted by atomic mass is 9.82. The molecule has 30 heavy (non-hydrogen) atoms. The van der Waals surface area contributed by atoms with Crippen molar-refractivity contribution < 1.29 is 32.0 Å². The molecular formula is C20H18F3N3O4. The van der Waals surface area contributed by atoms with Crippen LogP contribution in [-0.2, 0) is 11.0 Å². The Bertz CT molecular complexity index is 1010. The number of hydrogen-bond acceptors (Lipinski definition) is 4. The molecule has 1 aromatic carbocycles. The molecule has 4 rings (SSSR count). The van der Waals surface area contributed by atoms with Crippen molar-refractivity contribution in [3.8, 4) is 11.3 Å². The van der Waals surface area contributed by atoms with Crippen LogP contribution in [0.1, 0.15) is 48.2 Å². The zero-order valence-electron chi connectivity index (χ0n) is 15.7. The van der Waals surface area contributed by atoms with E-state index in [-0.39, 0.29) is 17.1 Å². The Morgan fingerprint density at radius 2 is 1.83 bits per heavy atom. The van der Waals surface area contributed by atoms with Crippen LogP contribution in [0.3, 0.4) is 0 Å². The number of furan rings is 1. The van der Waals surface area contributed by atoms with Gasteiger partial charge < -0.3 is 9.73 Å². The van der Waals surface area contributed by atoms with Gasteiger partial charge in [0, 0.05) is 5.56 Å². The minimum absolute atomic E-state index is 0.0483. The molecular weight excluding hydrogens is 403 g/mol. The number of urea groups is 1. The van der Waals surface area contributed by atoms with Crippen molar-refractivity contribution >= 4 is 17.8 Å². The van der Waals surface area contributed by atoms with E-state index >= 15 is 0 Å². The van der Waals surface area contributed by atoms with Crippen molar-refractivity contribution in [2.45, 2.75) is 43.8 Å². The van der Waals surface area contributed by atoms with Gasteiger partial charge in [-0.05, 0) is 37.1 Å². The van der Waals surface area contributed by atoms with Gasteiger partial charge in [-0.2, -0.15) is 18.2 Å². The second-order valence-corrected chi connectivity index (χ2v) is 7.40. The van der Waals surface area contributed by atoms with Gasteiger partial charge in [0.05, 0.1) is 5.56 Å². The van der Waals surface area contributed by atoms with Crippen molar-refractivity contribution in [2.75, 3.05) is 0 Å². The number of nitrogens with zero attached hydrogens (tertiary/aromatic N) is 1. The zero-order chi connectivity index (χ0) is 21.5. The molecule has 7 nitrogen and oxygen atoms in total. The lowest BCUT2D eigenvalue weighted by molar-refractivity contribution is -0.137. The molecule has 158 valence electrons. The first kappa shape index (κ1) is 20.0. The van der Waals surface area contributed by atoms with Gasteiger partial charge >= 0.3 is 18.1 Å². The van der Waals surface area contributed by atoms with Crippen molar-refractivity contribution in [1.29, 1.82) is 0 Å². The highest BCUT2D eigenvalue weighted by atomic mass is 19.4. The summed E-state index contributed by atoms with van der Waals surface area (Å²) >= 11 is 0. The monoisotopic (exact) mass is 421 g/mol. The van der Waals surface area contributed by atoms with Crippen LogP contribution < -0.4 is 10.7 Å². The Hall–Kier alpha value is -3.30. The fourth-order valence-electron chi connectivity index (χ4n) is 3.84. The van der Waals surface area contributed by atoms with Crippen LogP contribution >= 0.6 is 0 Å². The average molecular weight is 421 g/mol. The quantitative estimate of drug-likeness (QED) is 0.737. The fourth-order valence-corrected chi connectivity index (χ4v) is 3.84. The number of nitrogens with one attached hydrogen (secondary N) is 2. The largest absolute Gasteiger partial charge is 0.451 e. The van der Waals surface area contributed by atoms with E-state index in [0.29, 0.717) is 17.9 Å². The van der Waals surface area contributed by atoms with Crippen LogP contribution in [0.15, 0.2) is 40.8 Å². The third kappa shape index (κ3) is 3.53. The van der Waals surface area contributed by atoms with Crippen molar-refractivity contribution in [2.24, 2.45) is 0 Å². The molecule has 1 aliphatic carbocycles. The van der Waals surface area contributed by atoms with Crippen LogP contribution in [-0.4, -0.2) is 28.4 Å². The number of carbonyl (C=O) groups excluding carboxylic acids is 3. The molecule has 2 N–H and O–H groups in total. The molecule has 4 amide bonds. The number of hydrazine groups is 1. The Morgan fingerprint density at radius 3 is 2.53 bits per heavy atom. The highest BCUT2D eigenvalue weighted by Crippen LogP contribution is 2.34. The topological polar surface area (TPSA) is 91.7 Å². The van der Waals surface area contributed by atoms with E-state index in [4.69, 9.17) is 4.42 Å². The average Bonchev–Trinajstić information content (AvgIpc) is 3.29. The molecule has 0 unspecified atom stereocenters. The molecule has 2 fully saturated rings. The summed E-state index contributed by atoms with van der Waals surface area (Å²) in [5.41, 5.74) is 0.526. The van der Waals surface area contributed by atoms with E-state index in [1.165, 1.54) is 24.3 Å². The normalized spacial score (nSPS) is 18.6. The smallest absolute Gasteiger partial charge is 0.416 e. The first-order valence-corrected chi connectivity index (χ1v) is 9.45. The summed E-state index contributed by atoms with van der Waals surface area (Å²) in [6.45, 7) is 0. The maximum Gasteiger partial charge on any atom is 0.416 e. The van der Waals surface area contributed by atoms with Gasteiger partial charge in [0.2, 0.25) is 0 Å². The summed E-state index contributed by atoms with van der Waals surface area (Å²) in [6.07, 6.45) is -0.934. The summed E-state index contributed by atoms with van der Waals surface area (Å²) in [4.78, 5) is 37.4. The van der Waals surface area contributed by atoms with E-state index in [1.807, 2.05) is 0 Å². The lowest BCUT2D eigenvalue weighted by Gasteiger charge is -2.30. The highest BCUT2D eigenvalue weighted by Gasteiger charge is 2.52. The predicted octanol–water partition coefficient (Wildman–Crippen LogP) is 3.86. The van der Waals surface area contributed by atoms with Gasteiger partial charge in [0.1, 0.15) is 11.3 Å². The van der Waals surface area contributed by atoms with Gasteiger partial charge in [-0.3, -0.25) is 9.59 Å². The number of carbonyl (C=O) groups is 3. The minimum atomic E-state index is -4.51. The Kier molecular flexibility index (Phi) is 4.79. The molecule has 1 saturated heterocycles. The predicted molar refractivity (Wildman–Crippen MR) is 97.8 cm³/mol. The second-order valence-electron chi connectivity index (χ2n) is 7.40. The van der Waals surface area contributed by atoms with Crippen LogP contribution in [0.25, 0.3) is 11.3 Å². The number of hydrogen-bond donors (Lipinski definition) is 2. The van der Waals surface area contributed by atoms with Crippen molar-refractivity contribution in [3.63, 3.8) is 0 Å². The van der Waals surface area contributed by atoms with Gasteiger partial charge in [0.25, 0.3) is 5.91 Å². The molecule has 10 heteroatoms. The first-order valence-electron chi connectivity index (χ1n) is 9.45. The number of amides is 4. The highest BCUT2D eigenvalue weighted by molar-refractivity contribution is 6.09. The number of benzene rings is 1. The van der Waals surface area contributed by atoms with Gasteiger partial charge in [-0.1, -0.05) is 31.4 Å². The fraction of sp³-hybridized carbons (Fsp3) is 0.350. The van der Waals surface area contributed by atoms with E-state index in [1.54, 1.807) is 0 Å². The molecule has 1 saturated carbocycles. The molecule has 0 bridgehead atoms. The minimum Gasteiger partial charge on any atom is -0.451 e. The zero-order valence-corrected chi connectivity index (χ0v) is 15.7. The second kappa shape index (κ2) is 7.19. The summed E-state index contributed by atoms with van der Waals surface area (Å²) in [5.74, 6) is -1.57. The van der Waals surface area contributed by atoms with E-state index < -0.39 is 35.1 Å². The molecule has 0 radical (unpaired) electrons. The maximum atomic E-state index is 12.9. The number of alkyl halides is 3.